The molecule has 0 unspecified atom stereocenters. The van der Waals surface area contributed by atoms with Crippen molar-refractivity contribution >= 4 is 55.8 Å². The van der Waals surface area contributed by atoms with Crippen LogP contribution in [0.3, 0.4) is 0 Å². The van der Waals surface area contributed by atoms with Crippen molar-refractivity contribution in [3.63, 3.8) is 0 Å². The van der Waals surface area contributed by atoms with Gasteiger partial charge in [0.15, 0.2) is 0 Å². The standard InChI is InChI=1S/C18H25N3.C3H4O2.CO2.2H2S/c1-18(2)11-13-5-3-4-6-15(13)21(12-18)16-8-10-20-17-14(16)7-9-19-17;1-2-3(4)5;2-1-3;;/h7-10,13,15H,3-6,11-12H2,1-2H3,(H,19,20);2H,1H2,(H,4,5);;2*1H2/t13-,15+;;;;/m1..../s1. The summed E-state index contributed by atoms with van der Waals surface area (Å²) in [5.41, 5.74) is 2.80. The predicted molar refractivity (Wildman–Crippen MR) is 131 cm³/mol. The highest BCUT2D eigenvalue weighted by molar-refractivity contribution is 7.59. The quantitative estimate of drug-likeness (QED) is 0.640. The molecule has 1 saturated carbocycles. The molecule has 2 atom stereocenters. The Bertz CT molecular complexity index is 879. The van der Waals surface area contributed by atoms with Crippen LogP contribution in [0.25, 0.3) is 11.0 Å². The van der Waals surface area contributed by atoms with Gasteiger partial charge in [0.25, 0.3) is 0 Å². The number of aliphatic carboxylic acids is 1. The van der Waals surface area contributed by atoms with Crippen LogP contribution < -0.4 is 4.90 Å². The number of hydrogen-bond acceptors (Lipinski definition) is 5. The fourth-order valence-corrected chi connectivity index (χ4v) is 4.65. The third kappa shape index (κ3) is 7.76. The average molecular weight is 468 g/mol. The molecule has 2 aliphatic rings. The summed E-state index contributed by atoms with van der Waals surface area (Å²) in [6.45, 7) is 8.99. The average Bonchev–Trinajstić information content (AvgIpc) is 3.16. The summed E-state index contributed by atoms with van der Waals surface area (Å²) < 4.78 is 0. The lowest BCUT2D eigenvalue weighted by Gasteiger charge is -2.51. The SMILES string of the molecule is C=CC(=O)O.CC1(C)C[C@H]2CCCC[C@@H]2N(c2ccnc3[nH]ccc23)C1.O=C=O.S.S. The molecule has 0 amide bonds. The molecule has 0 bridgehead atoms. The van der Waals surface area contributed by atoms with E-state index in [2.05, 4.69) is 47.4 Å². The molecule has 0 radical (unpaired) electrons. The molecular weight excluding hydrogens is 434 g/mol. The van der Waals surface area contributed by atoms with Gasteiger partial charge in [-0.25, -0.2) is 9.78 Å². The van der Waals surface area contributed by atoms with Crippen LogP contribution in [0.5, 0.6) is 0 Å². The zero-order chi connectivity index (χ0) is 21.4. The van der Waals surface area contributed by atoms with E-state index in [0.717, 1.165) is 23.7 Å². The van der Waals surface area contributed by atoms with Crippen molar-refractivity contribution in [3.05, 3.63) is 37.2 Å². The largest absolute Gasteiger partial charge is 0.478 e. The van der Waals surface area contributed by atoms with Crippen LogP contribution in [0.4, 0.5) is 5.69 Å². The number of H-pyrrole nitrogens is 1. The highest BCUT2D eigenvalue weighted by Crippen LogP contribution is 2.45. The van der Waals surface area contributed by atoms with Gasteiger partial charge in [0.05, 0.1) is 0 Å². The molecule has 2 fully saturated rings. The van der Waals surface area contributed by atoms with Gasteiger partial charge in [0, 0.05) is 42.1 Å². The second kappa shape index (κ2) is 13.2. The number of carbonyl (C=O) groups excluding carboxylic acids is 2. The first-order valence-electron chi connectivity index (χ1n) is 9.86. The highest BCUT2D eigenvalue weighted by atomic mass is 32.1. The molecule has 1 saturated heterocycles. The first kappa shape index (κ1) is 28.8. The van der Waals surface area contributed by atoms with Gasteiger partial charge in [-0.3, -0.25) is 0 Å². The zero-order valence-corrected chi connectivity index (χ0v) is 20.1. The van der Waals surface area contributed by atoms with Crippen LogP contribution in [0.1, 0.15) is 46.0 Å². The smallest absolute Gasteiger partial charge is 0.373 e. The molecule has 0 aromatic carbocycles. The molecule has 1 aliphatic carbocycles. The molecule has 4 rings (SSSR count). The Hall–Kier alpha value is -2.22. The van der Waals surface area contributed by atoms with E-state index in [1.807, 2.05) is 12.4 Å². The number of aromatic nitrogens is 2. The van der Waals surface area contributed by atoms with Crippen molar-refractivity contribution in [2.75, 3.05) is 11.4 Å². The number of fused-ring (bicyclic) bond motifs is 2. The van der Waals surface area contributed by atoms with Crippen molar-refractivity contribution in [3.8, 4) is 0 Å². The van der Waals surface area contributed by atoms with Crippen molar-refractivity contribution in [1.29, 1.82) is 0 Å². The minimum Gasteiger partial charge on any atom is -0.478 e. The Morgan fingerprint density at radius 3 is 2.52 bits per heavy atom. The van der Waals surface area contributed by atoms with Gasteiger partial charge >= 0.3 is 12.1 Å². The first-order valence-corrected chi connectivity index (χ1v) is 9.86. The normalized spacial score (nSPS) is 20.6. The number of nitrogens with one attached hydrogen (secondary N) is 1. The van der Waals surface area contributed by atoms with E-state index in [4.69, 9.17) is 14.7 Å². The lowest BCUT2D eigenvalue weighted by Crippen LogP contribution is -2.53. The summed E-state index contributed by atoms with van der Waals surface area (Å²) in [6, 6.07) is 5.12. The van der Waals surface area contributed by atoms with Crippen molar-refractivity contribution in [2.45, 2.75) is 52.0 Å². The summed E-state index contributed by atoms with van der Waals surface area (Å²) in [5.74, 6) is -0.116. The van der Waals surface area contributed by atoms with Crippen LogP contribution in [0, 0.1) is 11.3 Å². The number of carboxylic acids is 1. The number of pyridine rings is 1. The van der Waals surface area contributed by atoms with E-state index < -0.39 is 5.97 Å². The van der Waals surface area contributed by atoms with Gasteiger partial charge in [0.2, 0.25) is 0 Å². The molecule has 9 heteroatoms. The van der Waals surface area contributed by atoms with Gasteiger partial charge in [-0.05, 0) is 42.7 Å². The molecule has 3 heterocycles. The van der Waals surface area contributed by atoms with Crippen LogP contribution in [0.2, 0.25) is 0 Å². The fourth-order valence-electron chi connectivity index (χ4n) is 4.65. The maximum Gasteiger partial charge on any atom is 0.373 e. The molecule has 7 nitrogen and oxygen atoms in total. The van der Waals surface area contributed by atoms with Crippen LogP contribution in [-0.2, 0) is 14.4 Å². The van der Waals surface area contributed by atoms with E-state index in [0.29, 0.717) is 5.41 Å². The molecule has 0 spiro atoms. The second-order valence-corrected chi connectivity index (χ2v) is 8.30. The number of nitrogens with zero attached hydrogens (tertiary/aromatic N) is 2. The molecular formula is C22H33N3O4S2. The van der Waals surface area contributed by atoms with E-state index >= 15 is 0 Å². The van der Waals surface area contributed by atoms with E-state index in [-0.39, 0.29) is 33.1 Å². The summed E-state index contributed by atoms with van der Waals surface area (Å²) >= 11 is 0. The van der Waals surface area contributed by atoms with E-state index in [1.165, 1.54) is 49.7 Å². The van der Waals surface area contributed by atoms with Gasteiger partial charge in [-0.2, -0.15) is 36.6 Å². The third-order valence-electron chi connectivity index (χ3n) is 5.60. The van der Waals surface area contributed by atoms with Crippen LogP contribution >= 0.6 is 27.0 Å². The number of piperidine rings is 1. The first-order chi connectivity index (χ1) is 13.8. The van der Waals surface area contributed by atoms with Gasteiger partial charge in [0.1, 0.15) is 5.65 Å². The molecule has 2 aromatic heterocycles. The number of hydrogen-bond donors (Lipinski definition) is 2. The Balaban J connectivity index is 0.000000788. The van der Waals surface area contributed by atoms with Gasteiger partial charge in [-0.1, -0.05) is 33.3 Å². The number of rotatable bonds is 2. The molecule has 2 N–H and O–H groups in total. The van der Waals surface area contributed by atoms with Crippen molar-refractivity contribution in [2.24, 2.45) is 11.3 Å². The van der Waals surface area contributed by atoms with E-state index in [1.54, 1.807) is 0 Å². The lowest BCUT2D eigenvalue weighted by molar-refractivity contribution is -0.191. The maximum atomic E-state index is 9.25. The number of anilines is 1. The Morgan fingerprint density at radius 2 is 1.90 bits per heavy atom. The van der Waals surface area contributed by atoms with Crippen LogP contribution in [-0.4, -0.2) is 39.8 Å². The van der Waals surface area contributed by atoms with E-state index in [9.17, 15) is 4.79 Å². The summed E-state index contributed by atoms with van der Waals surface area (Å²) in [5, 5.41) is 8.88. The second-order valence-electron chi connectivity index (χ2n) is 8.30. The molecule has 172 valence electrons. The van der Waals surface area contributed by atoms with Crippen molar-refractivity contribution < 1.29 is 19.5 Å². The number of aromatic amines is 1. The van der Waals surface area contributed by atoms with Gasteiger partial charge < -0.3 is 15.0 Å². The minimum atomic E-state index is -0.981. The number of carbonyl (C=O) groups is 1. The number of carboxylic acid groups (broad SMARTS) is 1. The fraction of sp³-hybridized carbons (Fsp3) is 0.500. The zero-order valence-electron chi connectivity index (χ0n) is 18.1. The predicted octanol–water partition coefficient (Wildman–Crippen LogP) is 4.26. The maximum absolute atomic E-state index is 9.25. The molecule has 31 heavy (non-hydrogen) atoms. The molecule has 2 aromatic rings. The molecule has 1 aliphatic heterocycles. The van der Waals surface area contributed by atoms with Gasteiger partial charge in [-0.15, -0.1) is 0 Å². The van der Waals surface area contributed by atoms with Crippen molar-refractivity contribution in [1.82, 2.24) is 9.97 Å². The Kier molecular flexibility index (Phi) is 12.3. The minimum absolute atomic E-state index is 0. The third-order valence-corrected chi connectivity index (χ3v) is 5.60. The highest BCUT2D eigenvalue weighted by Gasteiger charge is 2.41. The summed E-state index contributed by atoms with van der Waals surface area (Å²) in [4.78, 5) is 35.9. The summed E-state index contributed by atoms with van der Waals surface area (Å²) in [6.07, 6.45) is 12.0. The summed E-state index contributed by atoms with van der Waals surface area (Å²) in [7, 11) is 0. The lowest BCUT2D eigenvalue weighted by atomic mass is 9.69. The Morgan fingerprint density at radius 1 is 1.29 bits per heavy atom. The topological polar surface area (TPSA) is 103 Å². The Labute approximate surface area is 197 Å². The monoisotopic (exact) mass is 467 g/mol. The van der Waals surface area contributed by atoms with Crippen LogP contribution in [0.15, 0.2) is 37.2 Å².